The Morgan fingerprint density at radius 3 is 1.65 bits per heavy atom. The molecule has 6 N–H and O–H groups in total. The number of benzene rings is 4. The Bertz CT molecular complexity index is 2790. The van der Waals surface area contributed by atoms with Crippen molar-refractivity contribution >= 4 is 47.4 Å². The zero-order chi connectivity index (χ0) is 62.0. The molecule has 3 atom stereocenters. The summed E-state index contributed by atoms with van der Waals surface area (Å²) in [5.74, 6) is -3.34. The number of carbonyl (C=O) groups is 7. The fraction of sp³-hybridized carbons (Fsp3) is 0.485. The molecule has 5 aliphatic rings. The maximum absolute atomic E-state index is 11.9. The molecule has 1 aliphatic heterocycles. The van der Waals surface area contributed by atoms with Gasteiger partial charge in [-0.05, 0) is 163 Å². The molecule has 4 aromatic rings. The third-order valence-electron chi connectivity index (χ3n) is 14.1. The first-order chi connectivity index (χ1) is 39.6. The minimum absolute atomic E-state index is 0. The fourth-order valence-corrected chi connectivity index (χ4v) is 10.4. The molecule has 3 unspecified atom stereocenters. The summed E-state index contributed by atoms with van der Waals surface area (Å²) in [6.45, 7) is 19.5. The van der Waals surface area contributed by atoms with Gasteiger partial charge in [-0.1, -0.05) is 130 Å². The van der Waals surface area contributed by atoms with Gasteiger partial charge in [0.05, 0.1) is 18.6 Å². The second-order valence-electron chi connectivity index (χ2n) is 21.3. The molecule has 0 saturated carbocycles. The maximum atomic E-state index is 11.9. The average Bonchev–Trinajstić information content (AvgIpc) is 4.22. The number of fused-ring (bicyclic) bond motifs is 4. The van der Waals surface area contributed by atoms with Crippen molar-refractivity contribution in [3.05, 3.63) is 152 Å². The van der Waals surface area contributed by atoms with Crippen LogP contribution in [0.4, 0.5) is 0 Å². The molecule has 17 nitrogen and oxygen atoms in total. The molecule has 4 aliphatic carbocycles. The third kappa shape index (κ3) is 25.1. The van der Waals surface area contributed by atoms with Gasteiger partial charge in [0.2, 0.25) is 12.2 Å². The second kappa shape index (κ2) is 40.6. The number of aliphatic carboxylic acids is 2. The van der Waals surface area contributed by atoms with Crippen LogP contribution in [0.3, 0.4) is 0 Å². The van der Waals surface area contributed by atoms with Crippen molar-refractivity contribution < 1.29 is 114 Å². The molecule has 1 heterocycles. The van der Waals surface area contributed by atoms with Crippen LogP contribution in [0.1, 0.15) is 162 Å². The standard InChI is InChI=1S/C15H17NO3.C14H19NO2.C13H14O3.C10H10O.C5H8NO2.C4H8O.C4H9O.CH5N.K/c1-2-19-15(18)14(16-10-17)13-9-5-7-11-6-3-4-8-12(11)13;1-14(12(15-2)13(16)17)9-5-7-10-6-3-4-8-11(10)14;1-13(11(14)12(15)16)8-4-6-9-5-2-3-7-10(9)13;11-10-7-3-5-8-4-1-2-6-9(8)10;1-3-8-5(7)4-6-2;1-2-4-5-3-1;1-4(2,3)5;1-2;/h3-4,6,8,10H,2,5,7,9H2,1H3,(H,16,17);3-4,6,8,12,15H,5,7,9H2,1-2H3,(H,16,17);2-3,5,7H,4,6,8H2,1H3,(H,15,16);1-2,4,6H,3,5,7H2;2H,3-4H2,1H3;1-4H2;1-3H3;2H2,1H3;/q;;;;+1;;-1;;+1/b14-13-;;;;;;;;. The first-order valence-electron chi connectivity index (χ1n) is 28.6. The molecule has 0 spiro atoms. The number of hydrogen-bond acceptors (Lipinski definition) is 13. The van der Waals surface area contributed by atoms with E-state index in [1.54, 1.807) is 48.6 Å². The van der Waals surface area contributed by atoms with E-state index in [9.17, 15) is 43.8 Å². The van der Waals surface area contributed by atoms with Crippen molar-refractivity contribution in [1.29, 1.82) is 0 Å². The smallest absolute Gasteiger partial charge is 0.850 e. The van der Waals surface area contributed by atoms with Crippen molar-refractivity contribution in [1.82, 2.24) is 10.6 Å². The molecule has 18 heteroatoms. The Morgan fingerprint density at radius 1 is 0.714 bits per heavy atom. The number of amides is 1. The van der Waals surface area contributed by atoms with E-state index in [-0.39, 0.29) is 81.6 Å². The molecule has 1 saturated heterocycles. The molecular weight excluding hydrogens is 1100 g/mol. The van der Waals surface area contributed by atoms with Gasteiger partial charge in [0.15, 0.2) is 5.78 Å². The molecule has 0 aromatic heterocycles. The monoisotopic (exact) mass is 1190 g/mol. The van der Waals surface area contributed by atoms with Gasteiger partial charge >= 0.3 is 81.8 Å². The summed E-state index contributed by atoms with van der Waals surface area (Å²) in [4.78, 5) is 81.3. The summed E-state index contributed by atoms with van der Waals surface area (Å²) in [5.41, 5.74) is 12.6. The number of aryl methyl sites for hydroxylation is 4. The minimum Gasteiger partial charge on any atom is -0.850 e. The number of allylic oxidation sites excluding steroid dienone is 1. The topological polar surface area (TPSA) is 265 Å². The molecule has 1 fully saturated rings. The summed E-state index contributed by atoms with van der Waals surface area (Å²) in [5, 5.41) is 33.8. The number of rotatable bonds is 11. The van der Waals surface area contributed by atoms with Crippen LogP contribution in [-0.4, -0.2) is 111 Å². The van der Waals surface area contributed by atoms with E-state index in [1.807, 2.05) is 78.9 Å². The first kappa shape index (κ1) is 76.3. The van der Waals surface area contributed by atoms with E-state index in [1.165, 1.54) is 42.1 Å². The van der Waals surface area contributed by atoms with Crippen molar-refractivity contribution in [3.63, 3.8) is 0 Å². The number of carboxylic acids is 2. The molecule has 84 heavy (non-hydrogen) atoms. The maximum Gasteiger partial charge on any atom is 1.00 e. The quantitative estimate of drug-likeness (QED) is 0.0370. The summed E-state index contributed by atoms with van der Waals surface area (Å²) < 4.78 is 14.4. The van der Waals surface area contributed by atoms with Crippen molar-refractivity contribution in [2.24, 2.45) is 5.73 Å². The molecule has 0 radical (unpaired) electrons. The largest absolute Gasteiger partial charge is 1.00 e. The number of nitrogens with two attached hydrogens (primary N) is 1. The molecule has 0 bridgehead atoms. The molecule has 9 rings (SSSR count). The number of Topliss-reactive ketones (excluding diaryl/α,β-unsaturated/α-hetero) is 2. The SMILES string of the molecule is C#[N+]CC(=O)OCC.C1CCOC1.CC(C)(C)[O-].CC1(C(=O)C(=O)O)CCCc2ccccc21.CCOC(=O)/C(NC=O)=C1\CCCc2ccccc21.CN.CNC(C(=O)O)C1(C)CCCc2ccccc21.O=C1CCCc2ccccc21.[K+]. The van der Waals surface area contributed by atoms with Crippen LogP contribution in [0.15, 0.2) is 103 Å². The summed E-state index contributed by atoms with van der Waals surface area (Å²) >= 11 is 0. The number of likely N-dealkylation sites (N-methyl/N-ethyl adjacent to an activating group) is 1. The summed E-state index contributed by atoms with van der Waals surface area (Å²) in [6, 6.07) is 31.2. The van der Waals surface area contributed by atoms with E-state index < -0.39 is 40.7 Å². The normalized spacial score (nSPS) is 18.3. The Hall–Kier alpha value is -5.72. The van der Waals surface area contributed by atoms with Crippen LogP contribution < -0.4 is 72.9 Å². The number of nitrogens with zero attached hydrogens (tertiary/aromatic N) is 1. The van der Waals surface area contributed by atoms with Crippen LogP contribution in [0.5, 0.6) is 0 Å². The van der Waals surface area contributed by atoms with Crippen molar-refractivity contribution in [2.45, 2.75) is 161 Å². The third-order valence-corrected chi connectivity index (χ3v) is 14.1. The van der Waals surface area contributed by atoms with Gasteiger partial charge in [-0.25, -0.2) is 14.4 Å². The predicted octanol–water partition coefficient (Wildman–Crippen LogP) is 6.17. The number of esters is 2. The van der Waals surface area contributed by atoms with Gasteiger partial charge in [0.25, 0.3) is 6.57 Å². The molecule has 1 amide bonds. The van der Waals surface area contributed by atoms with E-state index in [0.717, 1.165) is 112 Å². The van der Waals surface area contributed by atoms with E-state index in [4.69, 9.17) is 14.6 Å². The van der Waals surface area contributed by atoms with E-state index in [2.05, 4.69) is 57.6 Å². The Labute approximate surface area is 540 Å². The Morgan fingerprint density at radius 2 is 1.18 bits per heavy atom. The number of carboxylic acid groups (broad SMARTS) is 2. The molecule has 4 aromatic carbocycles. The van der Waals surface area contributed by atoms with Crippen LogP contribution in [0.2, 0.25) is 0 Å². The number of hydrogen-bond donors (Lipinski definition) is 5. The number of ether oxygens (including phenoxy) is 3. The second-order valence-corrected chi connectivity index (χ2v) is 21.3. The summed E-state index contributed by atoms with van der Waals surface area (Å²) in [6.07, 6.45) is 14.1. The Balaban J connectivity index is 0.000000508. The number of ketones is 2. The number of nitrogens with one attached hydrogen (secondary N) is 2. The zero-order valence-corrected chi connectivity index (χ0v) is 54.4. The molecule has 452 valence electrons. The van der Waals surface area contributed by atoms with Crippen LogP contribution in [0, 0.1) is 6.57 Å². The fourth-order valence-electron chi connectivity index (χ4n) is 10.4. The van der Waals surface area contributed by atoms with Crippen molar-refractivity contribution in [2.75, 3.05) is 47.1 Å². The van der Waals surface area contributed by atoms with Gasteiger partial charge in [-0.15, -0.1) is 5.60 Å². The Kier molecular flexibility index (Phi) is 36.8. The van der Waals surface area contributed by atoms with E-state index in [0.29, 0.717) is 25.2 Å². The van der Waals surface area contributed by atoms with Gasteiger partial charge in [0.1, 0.15) is 11.7 Å². The molecular formula is C66H90KN4O13+. The summed E-state index contributed by atoms with van der Waals surface area (Å²) in [7, 11) is 3.22. The van der Waals surface area contributed by atoms with Gasteiger partial charge < -0.3 is 45.9 Å². The van der Waals surface area contributed by atoms with Gasteiger partial charge in [-0.3, -0.25) is 19.2 Å². The van der Waals surface area contributed by atoms with Crippen LogP contribution in [0.25, 0.3) is 10.4 Å². The minimum atomic E-state index is -1.33. The average molecular weight is 1190 g/mol. The zero-order valence-electron chi connectivity index (χ0n) is 51.3. The van der Waals surface area contributed by atoms with Crippen molar-refractivity contribution in [3.8, 4) is 6.57 Å². The van der Waals surface area contributed by atoms with Gasteiger partial charge in [0, 0.05) is 30.6 Å². The van der Waals surface area contributed by atoms with E-state index >= 15 is 0 Å². The number of carbonyl (C=O) groups excluding carboxylic acids is 5. The van der Waals surface area contributed by atoms with Crippen LogP contribution >= 0.6 is 0 Å². The van der Waals surface area contributed by atoms with Crippen LogP contribution in [-0.2, 0) is 79.5 Å². The predicted molar refractivity (Wildman–Crippen MR) is 322 cm³/mol. The van der Waals surface area contributed by atoms with Gasteiger partial charge in [-0.2, -0.15) is 0 Å². The first-order valence-corrected chi connectivity index (χ1v) is 28.6.